The minimum atomic E-state index is -0.860. The molecular formula is C62H79F2N11O6S. The number of amides is 4. The van der Waals surface area contributed by atoms with Crippen molar-refractivity contribution in [1.82, 2.24) is 55.4 Å². The summed E-state index contributed by atoms with van der Waals surface area (Å²) in [5, 5.41) is 24.3. The monoisotopic (exact) mass is 1140 g/mol. The van der Waals surface area contributed by atoms with Gasteiger partial charge in [0.25, 0.3) is 0 Å². The van der Waals surface area contributed by atoms with Crippen molar-refractivity contribution in [2.75, 3.05) is 59.0 Å². The van der Waals surface area contributed by atoms with Crippen molar-refractivity contribution in [3.63, 3.8) is 0 Å². The van der Waals surface area contributed by atoms with Crippen LogP contribution < -0.4 is 16.0 Å². The molecule has 17 nitrogen and oxygen atoms in total. The van der Waals surface area contributed by atoms with Gasteiger partial charge in [-0.05, 0) is 72.9 Å². The largest absolute Gasteiger partial charge is 0.391 e. The molecule has 1 unspecified atom stereocenters. The molecule has 3 aromatic heterocycles. The summed E-state index contributed by atoms with van der Waals surface area (Å²) in [5.74, 6) is -2.06. The number of morpholine rings is 1. The zero-order valence-electron chi connectivity index (χ0n) is 47.8. The number of aliphatic hydroxyl groups excluding tert-OH is 1. The second kappa shape index (κ2) is 28.1. The Hall–Kier alpha value is -6.58. The van der Waals surface area contributed by atoms with Gasteiger partial charge in [-0.15, -0.1) is 11.3 Å². The number of aryl methyl sites for hydroxylation is 1. The summed E-state index contributed by atoms with van der Waals surface area (Å²) in [4.78, 5) is 74.3. The van der Waals surface area contributed by atoms with Crippen LogP contribution in [0.4, 0.5) is 8.78 Å². The first-order valence-electron chi connectivity index (χ1n) is 29.2. The van der Waals surface area contributed by atoms with Crippen LogP contribution in [-0.2, 0) is 37.0 Å². The number of carbonyl (C=O) groups excluding carboxylic acids is 4. The average molecular weight is 1140 g/mol. The van der Waals surface area contributed by atoms with E-state index in [0.717, 1.165) is 98.1 Å². The maximum Gasteiger partial charge on any atom is 0.246 e. The predicted octanol–water partition coefficient (Wildman–Crippen LogP) is 8.78. The van der Waals surface area contributed by atoms with Crippen LogP contribution in [0.1, 0.15) is 121 Å². The molecule has 82 heavy (non-hydrogen) atoms. The number of hydrogen-bond acceptors (Lipinski definition) is 13. The van der Waals surface area contributed by atoms with E-state index >= 15 is 8.78 Å². The number of β-amino-alcohol motifs (C(OH)–C–C–N with tert-alkyl or cyclic N) is 1. The molecule has 3 aromatic carbocycles. The van der Waals surface area contributed by atoms with Crippen LogP contribution in [0.5, 0.6) is 0 Å². The number of likely N-dealkylation sites (tertiary alicyclic amines) is 2. The fourth-order valence-corrected chi connectivity index (χ4v) is 12.1. The van der Waals surface area contributed by atoms with E-state index in [1.807, 2.05) is 91.4 Å². The Labute approximate surface area is 483 Å². The first-order valence-corrected chi connectivity index (χ1v) is 30.1. The van der Waals surface area contributed by atoms with Crippen LogP contribution in [0.2, 0.25) is 0 Å². The highest BCUT2D eigenvalue weighted by atomic mass is 32.1. The molecule has 3 saturated heterocycles. The molecule has 3 fully saturated rings. The van der Waals surface area contributed by atoms with Gasteiger partial charge in [-0.1, -0.05) is 95.7 Å². The number of carbonyl (C=O) groups is 4. The van der Waals surface area contributed by atoms with E-state index in [4.69, 9.17) is 14.8 Å². The van der Waals surface area contributed by atoms with Crippen LogP contribution in [0.15, 0.2) is 78.7 Å². The molecule has 4 amide bonds. The van der Waals surface area contributed by atoms with Crippen molar-refractivity contribution in [3.8, 4) is 32.8 Å². The Kier molecular flexibility index (Phi) is 20.6. The van der Waals surface area contributed by atoms with Crippen LogP contribution in [0.25, 0.3) is 43.9 Å². The molecule has 0 spiro atoms. The Morgan fingerprint density at radius 2 is 1.52 bits per heavy atom. The van der Waals surface area contributed by atoms with Crippen LogP contribution in [-0.4, -0.2) is 145 Å². The molecule has 6 aromatic rings. The lowest BCUT2D eigenvalue weighted by molar-refractivity contribution is -0.144. The number of fused-ring (bicyclic) bond motifs is 1. The number of aliphatic hydroxyl groups is 1. The zero-order chi connectivity index (χ0) is 57.8. The number of halogens is 2. The highest BCUT2D eigenvalue weighted by molar-refractivity contribution is 7.13. The minimum Gasteiger partial charge on any atom is -0.391 e. The SMILES string of the molecule is Cc1ncsc1-c1ccc(CNC(=O)[C@@H]2C[C@@H](O)CN2C(=O)C(NC(=O)CCCCCCCCCCNC(=O)CN2CCC(n3cc(-c4cnc5cccc(-c6cc(F)c(CN7CCOCC7)c(F)c6)c5n4)cn3)CC2)C(C)(C)C)cc1. The molecule has 0 saturated carbocycles. The Bertz CT molecular complexity index is 3110. The van der Waals surface area contributed by atoms with Crippen molar-refractivity contribution in [3.05, 3.63) is 107 Å². The number of unbranched alkanes of at least 4 members (excludes halogenated alkanes) is 7. The Morgan fingerprint density at radius 1 is 0.817 bits per heavy atom. The Balaban J connectivity index is 0.627. The van der Waals surface area contributed by atoms with Gasteiger partial charge in [-0.3, -0.25) is 38.6 Å². The van der Waals surface area contributed by atoms with Gasteiger partial charge >= 0.3 is 0 Å². The molecule has 0 bridgehead atoms. The van der Waals surface area contributed by atoms with E-state index in [0.29, 0.717) is 80.1 Å². The number of nitrogens with zero attached hydrogens (tertiary/aromatic N) is 8. The topological polar surface area (TPSA) is 200 Å². The van der Waals surface area contributed by atoms with Crippen molar-refractivity contribution in [2.24, 2.45) is 5.41 Å². The van der Waals surface area contributed by atoms with Gasteiger partial charge in [0, 0.05) is 88.1 Å². The van der Waals surface area contributed by atoms with Crippen molar-refractivity contribution in [1.29, 1.82) is 0 Å². The van der Waals surface area contributed by atoms with Gasteiger partial charge < -0.3 is 30.7 Å². The molecule has 0 aliphatic carbocycles. The number of rotatable bonds is 24. The van der Waals surface area contributed by atoms with Gasteiger partial charge in [0.15, 0.2) is 0 Å². The molecule has 4 N–H and O–H groups in total. The number of nitrogens with one attached hydrogen (secondary N) is 3. The van der Waals surface area contributed by atoms with E-state index in [1.54, 1.807) is 23.7 Å². The second-order valence-corrected chi connectivity index (χ2v) is 24.2. The lowest BCUT2D eigenvalue weighted by Gasteiger charge is -2.35. The maximum absolute atomic E-state index is 15.5. The number of para-hydroxylation sites is 1. The van der Waals surface area contributed by atoms with E-state index in [9.17, 15) is 24.3 Å². The van der Waals surface area contributed by atoms with E-state index in [2.05, 4.69) is 30.8 Å². The predicted molar refractivity (Wildman–Crippen MR) is 313 cm³/mol. The van der Waals surface area contributed by atoms with Gasteiger partial charge in [0.2, 0.25) is 23.6 Å². The summed E-state index contributed by atoms with van der Waals surface area (Å²) in [6, 6.07) is 14.6. The number of hydrogen-bond donors (Lipinski definition) is 4. The van der Waals surface area contributed by atoms with Crippen molar-refractivity contribution < 1.29 is 37.8 Å². The molecule has 3 aliphatic rings. The lowest BCUT2D eigenvalue weighted by atomic mass is 9.85. The molecule has 6 heterocycles. The summed E-state index contributed by atoms with van der Waals surface area (Å²) < 4.78 is 38.3. The minimum absolute atomic E-state index is 0.0253. The van der Waals surface area contributed by atoms with Gasteiger partial charge in [0.1, 0.15) is 23.7 Å². The molecule has 20 heteroatoms. The maximum atomic E-state index is 15.5. The van der Waals surface area contributed by atoms with Crippen LogP contribution in [0.3, 0.4) is 0 Å². The fourth-order valence-electron chi connectivity index (χ4n) is 11.3. The molecule has 0 radical (unpaired) electrons. The first-order chi connectivity index (χ1) is 39.6. The summed E-state index contributed by atoms with van der Waals surface area (Å²) in [5.41, 5.74) is 7.74. The van der Waals surface area contributed by atoms with Gasteiger partial charge in [-0.25, -0.2) is 18.7 Å². The summed E-state index contributed by atoms with van der Waals surface area (Å²) in [6.45, 7) is 13.0. The highest BCUT2D eigenvalue weighted by Gasteiger charge is 2.44. The van der Waals surface area contributed by atoms with Crippen molar-refractivity contribution in [2.45, 2.75) is 142 Å². The second-order valence-electron chi connectivity index (χ2n) is 23.3. The normalized spacial score (nSPS) is 17.8. The number of thiazole rings is 1. The number of aromatic nitrogens is 5. The lowest BCUT2D eigenvalue weighted by Crippen LogP contribution is -2.57. The van der Waals surface area contributed by atoms with E-state index < -0.39 is 35.2 Å². The summed E-state index contributed by atoms with van der Waals surface area (Å²) in [6.07, 6.45) is 14.5. The molecular weight excluding hydrogens is 1060 g/mol. The molecule has 438 valence electrons. The average Bonchev–Trinajstić information content (AvgIpc) is 4.27. The number of ether oxygens (including phenoxy) is 1. The zero-order valence-corrected chi connectivity index (χ0v) is 48.6. The summed E-state index contributed by atoms with van der Waals surface area (Å²) in [7, 11) is 0. The van der Waals surface area contributed by atoms with E-state index in [1.165, 1.54) is 17.0 Å². The summed E-state index contributed by atoms with van der Waals surface area (Å²) >= 11 is 1.58. The van der Waals surface area contributed by atoms with Crippen LogP contribution >= 0.6 is 11.3 Å². The highest BCUT2D eigenvalue weighted by Crippen LogP contribution is 2.33. The molecule has 9 rings (SSSR count). The molecule has 3 atom stereocenters. The molecule has 3 aliphatic heterocycles. The fraction of sp³-hybridized carbons (Fsp3) is 0.516. The van der Waals surface area contributed by atoms with Gasteiger partial charge in [0.05, 0.1) is 77.1 Å². The van der Waals surface area contributed by atoms with E-state index in [-0.39, 0.29) is 61.3 Å². The quantitative estimate of drug-likeness (QED) is 0.0421. The van der Waals surface area contributed by atoms with Gasteiger partial charge in [-0.2, -0.15) is 5.10 Å². The first kappa shape index (κ1) is 60.0. The third-order valence-electron chi connectivity index (χ3n) is 16.1. The third-order valence-corrected chi connectivity index (χ3v) is 17.0. The third kappa shape index (κ3) is 15.7. The number of piperidine rings is 1. The smallest absolute Gasteiger partial charge is 0.246 e. The van der Waals surface area contributed by atoms with Crippen molar-refractivity contribution >= 4 is 46.0 Å². The number of benzene rings is 3. The Morgan fingerprint density at radius 3 is 2.22 bits per heavy atom. The van der Waals surface area contributed by atoms with Crippen LogP contribution in [0, 0.1) is 24.0 Å². The standard InChI is InChI=1S/C62H79F2N11O6S/c1-41-58(82-40-68-41)43-19-17-42(18-20-43)33-67-60(79)54-32-47(76)37-74(54)61(80)59(62(2,3)4)71-55(77)16-11-9-7-5-6-8-10-12-23-65-56(78)39-72-24-21-46(22-25-72)75-36-45(34-69-75)53-35-66-52-15-13-14-48(57(52)70-53)44-30-50(63)49(51(64)31-44)38-73-26-28-81-29-27-73/h13-15,17-20,30-31,34-36,40,46-47,54,59,76H,5-12,16,21-29,32-33,37-39H2,1-4H3,(H,65,78)(H,67,79)(H,71,77)/t47-,54+,59?/m1/s1.